The molecule has 0 aromatic heterocycles. The van der Waals surface area contributed by atoms with E-state index in [1.165, 1.54) is 103 Å². The zero-order valence-corrected chi connectivity index (χ0v) is 30.2. The quantitative estimate of drug-likeness (QED) is 0.0549. The summed E-state index contributed by atoms with van der Waals surface area (Å²) in [5, 5.41) is 4.73. The molecule has 2 N–H and O–H groups in total. The summed E-state index contributed by atoms with van der Waals surface area (Å²) in [6.07, 6.45) is 40.8. The predicted octanol–water partition coefficient (Wildman–Crippen LogP) is 11.1. The van der Waals surface area contributed by atoms with Gasteiger partial charge in [0, 0.05) is 25.7 Å². The van der Waals surface area contributed by atoms with Crippen molar-refractivity contribution in [3.05, 3.63) is 24.3 Å². The molecule has 0 spiro atoms. The van der Waals surface area contributed by atoms with Crippen molar-refractivity contribution >= 4 is 23.6 Å². The van der Waals surface area contributed by atoms with Gasteiger partial charge in [0.25, 0.3) is 0 Å². The molecular weight excluding hydrogens is 572 g/mol. The Labute approximate surface area is 283 Å². The zero-order chi connectivity index (χ0) is 33.8. The second-order valence-corrected chi connectivity index (χ2v) is 13.1. The van der Waals surface area contributed by atoms with E-state index in [9.17, 15) is 19.2 Å². The number of hydrogen-bond donors (Lipinski definition) is 2. The van der Waals surface area contributed by atoms with Gasteiger partial charge in [0.1, 0.15) is 0 Å². The minimum atomic E-state index is -0.461. The van der Waals surface area contributed by atoms with E-state index >= 15 is 0 Å². The number of carbonyl (C=O) groups is 4. The average molecular weight is 645 g/mol. The number of allylic oxidation sites excluding steroid dienone is 4. The minimum absolute atomic E-state index is 0.0926. The molecule has 0 aromatic carbocycles. The number of imide groups is 2. The topological polar surface area (TPSA) is 92.3 Å². The van der Waals surface area contributed by atoms with Gasteiger partial charge >= 0.3 is 0 Å². The molecule has 0 rings (SSSR count). The van der Waals surface area contributed by atoms with Crippen LogP contribution in [-0.2, 0) is 19.2 Å². The number of nitrogens with one attached hydrogen (secondary N) is 2. The molecule has 0 atom stereocenters. The molecule has 0 aromatic rings. The van der Waals surface area contributed by atoms with E-state index in [4.69, 9.17) is 0 Å². The van der Waals surface area contributed by atoms with Crippen LogP contribution >= 0.6 is 0 Å². The lowest BCUT2D eigenvalue weighted by Gasteiger charge is -2.06. The van der Waals surface area contributed by atoms with Crippen LogP contribution in [0.4, 0.5) is 0 Å². The normalized spacial score (nSPS) is 11.4. The van der Waals surface area contributed by atoms with Crippen molar-refractivity contribution in [2.75, 3.05) is 0 Å². The predicted molar refractivity (Wildman–Crippen MR) is 194 cm³/mol. The van der Waals surface area contributed by atoms with Gasteiger partial charge in [-0.3, -0.25) is 29.8 Å². The molecule has 0 fully saturated rings. The van der Waals surface area contributed by atoms with Gasteiger partial charge in [-0.25, -0.2) is 0 Å². The summed E-state index contributed by atoms with van der Waals surface area (Å²) in [7, 11) is 0. The van der Waals surface area contributed by atoms with E-state index in [0.29, 0.717) is 12.8 Å². The highest BCUT2D eigenvalue weighted by atomic mass is 16.2. The Morgan fingerprint density at radius 2 is 0.565 bits per heavy atom. The summed E-state index contributed by atoms with van der Waals surface area (Å²) in [4.78, 5) is 48.1. The molecule has 266 valence electrons. The Bertz CT molecular complexity index is 739. The smallest absolute Gasteiger partial charge is 0.227 e. The van der Waals surface area contributed by atoms with Crippen LogP contribution in [0, 0.1) is 0 Å². The fraction of sp³-hybridized carbons (Fsp3) is 0.800. The highest BCUT2D eigenvalue weighted by molar-refractivity contribution is 5.99. The van der Waals surface area contributed by atoms with Crippen molar-refractivity contribution in [2.45, 2.75) is 206 Å². The van der Waals surface area contributed by atoms with Crippen LogP contribution in [0.15, 0.2) is 24.3 Å². The molecule has 6 nitrogen and oxygen atoms in total. The molecule has 0 bridgehead atoms. The molecular formula is C40H72N2O4. The monoisotopic (exact) mass is 645 g/mol. The minimum Gasteiger partial charge on any atom is -0.296 e. The molecule has 4 amide bonds. The van der Waals surface area contributed by atoms with E-state index < -0.39 is 11.8 Å². The molecule has 0 aliphatic rings. The van der Waals surface area contributed by atoms with E-state index in [-0.39, 0.29) is 24.7 Å². The number of carbonyl (C=O) groups excluding carboxylic acids is 4. The molecule has 0 saturated heterocycles. The second kappa shape index (κ2) is 35.6. The Morgan fingerprint density at radius 1 is 0.326 bits per heavy atom. The molecule has 0 unspecified atom stereocenters. The van der Waals surface area contributed by atoms with Crippen molar-refractivity contribution in [3.63, 3.8) is 0 Å². The van der Waals surface area contributed by atoms with Crippen molar-refractivity contribution in [2.24, 2.45) is 0 Å². The van der Waals surface area contributed by atoms with Gasteiger partial charge in [-0.1, -0.05) is 141 Å². The van der Waals surface area contributed by atoms with Crippen LogP contribution in [0.1, 0.15) is 206 Å². The van der Waals surface area contributed by atoms with E-state index in [1.807, 2.05) is 0 Å². The number of rotatable bonds is 33. The van der Waals surface area contributed by atoms with Crippen LogP contribution in [0.2, 0.25) is 0 Å². The number of hydrogen-bond acceptors (Lipinski definition) is 4. The second-order valence-electron chi connectivity index (χ2n) is 13.1. The summed E-state index contributed by atoms with van der Waals surface area (Å²) in [6, 6.07) is 0. The average Bonchev–Trinajstić information content (AvgIpc) is 3.03. The summed E-state index contributed by atoms with van der Waals surface area (Å²) in [5.41, 5.74) is 0. The van der Waals surface area contributed by atoms with Gasteiger partial charge in [0.05, 0.1) is 0 Å². The lowest BCUT2D eigenvalue weighted by molar-refractivity contribution is -0.134. The molecule has 46 heavy (non-hydrogen) atoms. The van der Waals surface area contributed by atoms with Gasteiger partial charge < -0.3 is 0 Å². The third-order valence-electron chi connectivity index (χ3n) is 8.47. The Hall–Kier alpha value is -2.24. The standard InChI is InChI=1S/C40H72N2O4/c1-3-5-7-9-11-13-15-17-19-21-23-25-27-29-31-33-37(43)41-39(45)35-36-40(46)42-38(44)34-32-30-28-26-24-22-20-18-16-14-12-10-8-6-4-2/h17-20H,3-16,21-36H2,1-2H3,(H,41,43,45)(H,42,44,46). The van der Waals surface area contributed by atoms with Gasteiger partial charge in [-0.05, 0) is 64.2 Å². The van der Waals surface area contributed by atoms with E-state index in [1.54, 1.807) is 0 Å². The summed E-state index contributed by atoms with van der Waals surface area (Å²) >= 11 is 0. The molecule has 6 heteroatoms. The number of amides is 4. The summed E-state index contributed by atoms with van der Waals surface area (Å²) in [6.45, 7) is 4.50. The molecule has 0 saturated carbocycles. The Balaban J connectivity index is 3.57. The highest BCUT2D eigenvalue weighted by Crippen LogP contribution is 2.11. The van der Waals surface area contributed by atoms with Crippen LogP contribution in [0.3, 0.4) is 0 Å². The van der Waals surface area contributed by atoms with Crippen LogP contribution in [0.25, 0.3) is 0 Å². The van der Waals surface area contributed by atoms with Crippen molar-refractivity contribution in [3.8, 4) is 0 Å². The Kier molecular flexibility index (Phi) is 33.9. The fourth-order valence-corrected chi connectivity index (χ4v) is 5.50. The third kappa shape index (κ3) is 34.6. The third-order valence-corrected chi connectivity index (χ3v) is 8.47. The first kappa shape index (κ1) is 43.8. The molecule has 0 aliphatic heterocycles. The molecule has 0 aliphatic carbocycles. The van der Waals surface area contributed by atoms with Gasteiger partial charge in [-0.15, -0.1) is 0 Å². The largest absolute Gasteiger partial charge is 0.296 e. The summed E-state index contributed by atoms with van der Waals surface area (Å²) < 4.78 is 0. The maximum Gasteiger partial charge on any atom is 0.227 e. The fourth-order valence-electron chi connectivity index (χ4n) is 5.50. The lowest BCUT2D eigenvalue weighted by atomic mass is 10.1. The first-order valence-corrected chi connectivity index (χ1v) is 19.4. The molecule has 0 heterocycles. The van der Waals surface area contributed by atoms with Crippen molar-refractivity contribution < 1.29 is 19.2 Å². The van der Waals surface area contributed by atoms with Gasteiger partial charge in [0.2, 0.25) is 23.6 Å². The first-order chi connectivity index (χ1) is 22.5. The van der Waals surface area contributed by atoms with Crippen LogP contribution in [0.5, 0.6) is 0 Å². The maximum absolute atomic E-state index is 12.0. The SMILES string of the molecule is CCCCCCCCC=CCCCCCCCC(=O)NC(=O)CCC(=O)NC(=O)CCCCCCCC=CCCCCCCCC. The first-order valence-electron chi connectivity index (χ1n) is 19.4. The van der Waals surface area contributed by atoms with Gasteiger partial charge in [0.15, 0.2) is 0 Å². The molecule has 0 radical (unpaired) electrons. The van der Waals surface area contributed by atoms with Gasteiger partial charge in [-0.2, -0.15) is 0 Å². The van der Waals surface area contributed by atoms with Crippen molar-refractivity contribution in [1.29, 1.82) is 0 Å². The van der Waals surface area contributed by atoms with Crippen LogP contribution < -0.4 is 10.6 Å². The maximum atomic E-state index is 12.0. The van der Waals surface area contributed by atoms with Crippen molar-refractivity contribution in [1.82, 2.24) is 10.6 Å². The highest BCUT2D eigenvalue weighted by Gasteiger charge is 2.12. The van der Waals surface area contributed by atoms with E-state index in [0.717, 1.165) is 64.2 Å². The number of unbranched alkanes of at least 4 members (excludes halogenated alkanes) is 22. The Morgan fingerprint density at radius 3 is 0.870 bits per heavy atom. The van der Waals surface area contributed by atoms with E-state index in [2.05, 4.69) is 48.8 Å². The van der Waals surface area contributed by atoms with Crippen LogP contribution in [-0.4, -0.2) is 23.6 Å². The summed E-state index contributed by atoms with van der Waals surface area (Å²) in [5.74, 6) is -1.50. The lowest BCUT2D eigenvalue weighted by Crippen LogP contribution is -2.33. The zero-order valence-electron chi connectivity index (χ0n) is 30.2.